The van der Waals surface area contributed by atoms with E-state index in [0.29, 0.717) is 0 Å². The van der Waals surface area contributed by atoms with Crippen LogP contribution in [0.3, 0.4) is 0 Å². The maximum atomic E-state index is 13.1. The Hall–Kier alpha value is -2.99. The van der Waals surface area contributed by atoms with E-state index in [1.807, 2.05) is 0 Å². The maximum Gasteiger partial charge on any atom is 0.261 e. The van der Waals surface area contributed by atoms with E-state index < -0.39 is 31.8 Å². The highest BCUT2D eigenvalue weighted by atomic mass is 35.5. The number of benzene rings is 3. The Bertz CT molecular complexity index is 1410. The largest absolute Gasteiger partial charge is 0.322 e. The summed E-state index contributed by atoms with van der Waals surface area (Å²) in [5, 5.41) is 2.53. The number of halogens is 2. The minimum absolute atomic E-state index is 0.0184. The molecule has 0 radical (unpaired) electrons. The van der Waals surface area contributed by atoms with Crippen LogP contribution < -0.4 is 10.0 Å². The van der Waals surface area contributed by atoms with Gasteiger partial charge in [0.25, 0.3) is 15.9 Å². The third-order valence-corrected chi connectivity index (χ3v) is 8.17. The molecule has 0 saturated carbocycles. The Kier molecular flexibility index (Phi) is 7.08. The van der Waals surface area contributed by atoms with E-state index in [1.165, 1.54) is 56.6 Å². The highest BCUT2D eigenvalue weighted by Gasteiger charge is 2.23. The van der Waals surface area contributed by atoms with Crippen molar-refractivity contribution in [3.8, 4) is 0 Å². The van der Waals surface area contributed by atoms with Gasteiger partial charge in [-0.05, 0) is 54.6 Å². The smallest absolute Gasteiger partial charge is 0.261 e. The average molecular weight is 512 g/mol. The first kappa shape index (κ1) is 24.6. The van der Waals surface area contributed by atoms with Gasteiger partial charge < -0.3 is 5.32 Å². The fraction of sp³-hybridized carbons (Fsp3) is 0.0952. The topological polar surface area (TPSA) is 113 Å². The molecule has 0 aliphatic carbocycles. The normalized spacial score (nSPS) is 11.9. The second-order valence-corrected chi connectivity index (χ2v) is 11.2. The molecule has 0 spiro atoms. The predicted octanol–water partition coefficient (Wildman–Crippen LogP) is 3.78. The van der Waals surface area contributed by atoms with Gasteiger partial charge in [0, 0.05) is 19.8 Å². The maximum absolute atomic E-state index is 13.1. The Morgan fingerprint density at radius 2 is 1.58 bits per heavy atom. The summed E-state index contributed by atoms with van der Waals surface area (Å²) in [4.78, 5) is 12.5. The molecule has 3 rings (SSSR count). The summed E-state index contributed by atoms with van der Waals surface area (Å²) in [6, 6.07) is 14.0. The van der Waals surface area contributed by atoms with Gasteiger partial charge in [0.2, 0.25) is 10.0 Å². The van der Waals surface area contributed by atoms with Crippen LogP contribution in [-0.2, 0) is 20.0 Å². The van der Waals surface area contributed by atoms with E-state index in [-0.39, 0.29) is 31.8 Å². The lowest BCUT2D eigenvalue weighted by molar-refractivity contribution is 0.102. The van der Waals surface area contributed by atoms with Crippen LogP contribution in [-0.4, -0.2) is 41.1 Å². The van der Waals surface area contributed by atoms with Crippen LogP contribution in [0.1, 0.15) is 10.4 Å². The number of para-hydroxylation sites is 1. The summed E-state index contributed by atoms with van der Waals surface area (Å²) in [5.74, 6) is -1.28. The molecular weight excluding hydrogens is 493 g/mol. The molecule has 0 fully saturated rings. The zero-order valence-electron chi connectivity index (χ0n) is 17.4. The van der Waals surface area contributed by atoms with Gasteiger partial charge in [-0.25, -0.2) is 25.5 Å². The van der Waals surface area contributed by atoms with E-state index >= 15 is 0 Å². The van der Waals surface area contributed by atoms with Crippen molar-refractivity contribution < 1.29 is 26.0 Å². The molecule has 0 aromatic heterocycles. The first-order valence-corrected chi connectivity index (χ1v) is 12.6. The van der Waals surface area contributed by atoms with Gasteiger partial charge in [-0.3, -0.25) is 9.52 Å². The Morgan fingerprint density at radius 3 is 2.21 bits per heavy atom. The molecule has 0 saturated heterocycles. The molecule has 0 atom stereocenters. The Labute approximate surface area is 196 Å². The van der Waals surface area contributed by atoms with Gasteiger partial charge in [-0.2, -0.15) is 0 Å². The van der Waals surface area contributed by atoms with Crippen molar-refractivity contribution >= 4 is 48.9 Å². The second kappa shape index (κ2) is 9.48. The van der Waals surface area contributed by atoms with Crippen LogP contribution in [0.15, 0.2) is 76.5 Å². The summed E-state index contributed by atoms with van der Waals surface area (Å²) >= 11 is 6.03. The molecule has 0 heterocycles. The molecule has 8 nitrogen and oxygen atoms in total. The summed E-state index contributed by atoms with van der Waals surface area (Å²) in [6.07, 6.45) is 0. The van der Waals surface area contributed by atoms with E-state index in [0.717, 1.165) is 28.6 Å². The number of rotatable bonds is 7. The standard InChI is InChI=1S/C21H19ClFN3O5S2/c1-26(2)33(30,31)20-13-15(9-12-18(20)22)24-21(27)17-5-3-4-6-19(17)25-32(28,29)16-10-7-14(23)8-11-16/h3-13,25H,1-2H3,(H,24,27). The summed E-state index contributed by atoms with van der Waals surface area (Å²) < 4.78 is 66.6. The first-order chi connectivity index (χ1) is 15.4. The molecule has 174 valence electrons. The summed E-state index contributed by atoms with van der Waals surface area (Å²) in [6.45, 7) is 0. The van der Waals surface area contributed by atoms with E-state index in [1.54, 1.807) is 0 Å². The van der Waals surface area contributed by atoms with Gasteiger partial charge in [-0.1, -0.05) is 23.7 Å². The van der Waals surface area contributed by atoms with Crippen LogP contribution in [0.25, 0.3) is 0 Å². The summed E-state index contributed by atoms with van der Waals surface area (Å²) in [7, 11) is -5.27. The van der Waals surface area contributed by atoms with Crippen LogP contribution in [0, 0.1) is 5.82 Å². The number of carbonyl (C=O) groups excluding carboxylic acids is 1. The van der Waals surface area contributed by atoms with Crippen LogP contribution in [0.2, 0.25) is 5.02 Å². The first-order valence-electron chi connectivity index (χ1n) is 9.32. The molecule has 0 unspecified atom stereocenters. The Balaban J connectivity index is 1.91. The van der Waals surface area contributed by atoms with Crippen molar-refractivity contribution in [2.75, 3.05) is 24.1 Å². The van der Waals surface area contributed by atoms with E-state index in [4.69, 9.17) is 11.6 Å². The van der Waals surface area contributed by atoms with Crippen molar-refractivity contribution in [1.82, 2.24) is 4.31 Å². The van der Waals surface area contributed by atoms with Crippen LogP contribution in [0.4, 0.5) is 15.8 Å². The van der Waals surface area contributed by atoms with Crippen LogP contribution in [0.5, 0.6) is 0 Å². The molecule has 12 heteroatoms. The van der Waals surface area contributed by atoms with Crippen molar-refractivity contribution in [3.05, 3.63) is 83.1 Å². The van der Waals surface area contributed by atoms with Crippen molar-refractivity contribution in [3.63, 3.8) is 0 Å². The number of nitrogens with one attached hydrogen (secondary N) is 2. The summed E-state index contributed by atoms with van der Waals surface area (Å²) in [5.41, 5.74) is 0.102. The molecule has 0 aliphatic heterocycles. The lowest BCUT2D eigenvalue weighted by Gasteiger charge is -2.15. The third-order valence-electron chi connectivity index (χ3n) is 4.49. The minimum Gasteiger partial charge on any atom is -0.322 e. The number of hydrogen-bond acceptors (Lipinski definition) is 5. The average Bonchev–Trinajstić information content (AvgIpc) is 2.75. The number of carbonyl (C=O) groups is 1. The Morgan fingerprint density at radius 1 is 0.939 bits per heavy atom. The fourth-order valence-corrected chi connectivity index (χ4v) is 5.24. The second-order valence-electron chi connectivity index (χ2n) is 6.99. The molecule has 3 aromatic rings. The monoisotopic (exact) mass is 511 g/mol. The third kappa shape index (κ3) is 5.50. The number of amides is 1. The van der Waals surface area contributed by atoms with Crippen LogP contribution >= 0.6 is 11.6 Å². The molecule has 1 amide bonds. The highest BCUT2D eigenvalue weighted by Crippen LogP contribution is 2.28. The highest BCUT2D eigenvalue weighted by molar-refractivity contribution is 7.92. The number of hydrogen-bond donors (Lipinski definition) is 2. The number of nitrogens with zero attached hydrogens (tertiary/aromatic N) is 1. The zero-order chi connectivity index (χ0) is 24.4. The van der Waals surface area contributed by atoms with E-state index in [2.05, 4.69) is 10.0 Å². The van der Waals surface area contributed by atoms with Crippen molar-refractivity contribution in [1.29, 1.82) is 0 Å². The van der Waals surface area contributed by atoms with E-state index in [9.17, 15) is 26.0 Å². The van der Waals surface area contributed by atoms with Crippen molar-refractivity contribution in [2.24, 2.45) is 0 Å². The van der Waals surface area contributed by atoms with Gasteiger partial charge in [-0.15, -0.1) is 0 Å². The quantitative estimate of drug-likeness (QED) is 0.501. The molecule has 3 aromatic carbocycles. The minimum atomic E-state index is -4.10. The predicted molar refractivity (Wildman–Crippen MR) is 124 cm³/mol. The molecule has 2 N–H and O–H groups in total. The van der Waals surface area contributed by atoms with Gasteiger partial charge in [0.1, 0.15) is 10.7 Å². The lowest BCUT2D eigenvalue weighted by atomic mass is 10.1. The van der Waals surface area contributed by atoms with Crippen molar-refractivity contribution in [2.45, 2.75) is 9.79 Å². The van der Waals surface area contributed by atoms with Gasteiger partial charge in [0.05, 0.1) is 21.2 Å². The SMILES string of the molecule is CN(C)S(=O)(=O)c1cc(NC(=O)c2ccccc2NS(=O)(=O)c2ccc(F)cc2)ccc1Cl. The zero-order valence-corrected chi connectivity index (χ0v) is 19.8. The van der Waals surface area contributed by atoms with Gasteiger partial charge >= 0.3 is 0 Å². The number of anilines is 2. The van der Waals surface area contributed by atoms with Gasteiger partial charge in [0.15, 0.2) is 0 Å². The molecule has 0 aliphatic rings. The molecular formula is C21H19ClFN3O5S2. The molecule has 33 heavy (non-hydrogen) atoms. The molecule has 0 bridgehead atoms. The lowest BCUT2D eigenvalue weighted by Crippen LogP contribution is -2.23. The number of sulfonamides is 2. The fourth-order valence-electron chi connectivity index (χ4n) is 2.76.